The molecule has 0 amide bonds. The molecule has 0 aliphatic heterocycles. The first-order valence-corrected chi connectivity index (χ1v) is 6.98. The second-order valence-corrected chi connectivity index (χ2v) is 5.25. The molecular weight excluding hydrogens is 250 g/mol. The van der Waals surface area contributed by atoms with Crippen molar-refractivity contribution in [2.45, 2.75) is 31.6 Å². The van der Waals surface area contributed by atoms with E-state index in [1.165, 1.54) is 0 Å². The highest BCUT2D eigenvalue weighted by Crippen LogP contribution is 2.35. The molecule has 0 spiro atoms. The van der Waals surface area contributed by atoms with E-state index in [4.69, 9.17) is 10.5 Å². The minimum atomic E-state index is -0.584. The van der Waals surface area contributed by atoms with Crippen LogP contribution in [0.1, 0.15) is 29.2 Å². The fourth-order valence-electron chi connectivity index (χ4n) is 2.70. The predicted octanol–water partition coefficient (Wildman–Crippen LogP) is 2.57. The first-order chi connectivity index (χ1) is 9.75. The maximum atomic E-state index is 10.2. The zero-order valence-electron chi connectivity index (χ0n) is 11.3. The highest BCUT2D eigenvalue weighted by Gasteiger charge is 2.26. The standard InChI is InChI=1S/C17H19NO2/c18-15-10-9-13-14(17(15)19)7-4-8-16(13)20-11-12-5-2-1-3-6-12/h1-8,15,17,19H,9-11,18H2/t15-,17-/m0/s1. The van der Waals surface area contributed by atoms with E-state index in [1.807, 2.05) is 48.5 Å². The average Bonchev–Trinajstić information content (AvgIpc) is 2.50. The van der Waals surface area contributed by atoms with Crippen molar-refractivity contribution in [3.8, 4) is 5.75 Å². The van der Waals surface area contributed by atoms with Gasteiger partial charge in [0.05, 0.1) is 6.10 Å². The lowest BCUT2D eigenvalue weighted by atomic mass is 9.86. The van der Waals surface area contributed by atoms with Gasteiger partial charge in [0.15, 0.2) is 0 Å². The molecule has 20 heavy (non-hydrogen) atoms. The first kappa shape index (κ1) is 13.2. The molecule has 3 rings (SSSR count). The fraction of sp³-hybridized carbons (Fsp3) is 0.294. The third-order valence-corrected chi connectivity index (χ3v) is 3.86. The molecule has 0 saturated heterocycles. The maximum absolute atomic E-state index is 10.2. The minimum Gasteiger partial charge on any atom is -0.489 e. The number of rotatable bonds is 3. The van der Waals surface area contributed by atoms with Crippen LogP contribution in [0, 0.1) is 0 Å². The summed E-state index contributed by atoms with van der Waals surface area (Å²) >= 11 is 0. The van der Waals surface area contributed by atoms with Gasteiger partial charge in [-0.15, -0.1) is 0 Å². The van der Waals surface area contributed by atoms with Gasteiger partial charge in [0.25, 0.3) is 0 Å². The molecule has 0 unspecified atom stereocenters. The summed E-state index contributed by atoms with van der Waals surface area (Å²) in [6.45, 7) is 0.541. The molecule has 0 heterocycles. The Kier molecular flexibility index (Phi) is 3.72. The Morgan fingerprint density at radius 2 is 1.90 bits per heavy atom. The summed E-state index contributed by atoms with van der Waals surface area (Å²) in [5, 5.41) is 10.2. The summed E-state index contributed by atoms with van der Waals surface area (Å²) in [7, 11) is 0. The van der Waals surface area contributed by atoms with Crippen LogP contribution >= 0.6 is 0 Å². The number of fused-ring (bicyclic) bond motifs is 1. The monoisotopic (exact) mass is 269 g/mol. The quantitative estimate of drug-likeness (QED) is 0.900. The first-order valence-electron chi connectivity index (χ1n) is 6.98. The van der Waals surface area contributed by atoms with E-state index in [2.05, 4.69) is 0 Å². The van der Waals surface area contributed by atoms with Crippen LogP contribution in [0.3, 0.4) is 0 Å². The van der Waals surface area contributed by atoms with Crippen molar-refractivity contribution < 1.29 is 9.84 Å². The third kappa shape index (κ3) is 2.55. The van der Waals surface area contributed by atoms with Crippen molar-refractivity contribution in [2.75, 3.05) is 0 Å². The summed E-state index contributed by atoms with van der Waals surface area (Å²) in [6.07, 6.45) is 1.07. The van der Waals surface area contributed by atoms with Gasteiger partial charge in [-0.3, -0.25) is 0 Å². The average molecular weight is 269 g/mol. The van der Waals surface area contributed by atoms with Gasteiger partial charge in [0.1, 0.15) is 12.4 Å². The molecule has 104 valence electrons. The molecule has 1 aliphatic rings. The molecule has 0 fully saturated rings. The lowest BCUT2D eigenvalue weighted by Crippen LogP contribution is -2.33. The van der Waals surface area contributed by atoms with E-state index in [1.54, 1.807) is 0 Å². The van der Waals surface area contributed by atoms with E-state index in [0.29, 0.717) is 6.61 Å². The van der Waals surface area contributed by atoms with Gasteiger partial charge in [-0.25, -0.2) is 0 Å². The van der Waals surface area contributed by atoms with Gasteiger partial charge in [-0.05, 0) is 30.0 Å². The fourth-order valence-corrected chi connectivity index (χ4v) is 2.70. The smallest absolute Gasteiger partial charge is 0.123 e. The molecular formula is C17H19NO2. The molecule has 3 N–H and O–H groups in total. The minimum absolute atomic E-state index is 0.174. The van der Waals surface area contributed by atoms with E-state index in [-0.39, 0.29) is 6.04 Å². The van der Waals surface area contributed by atoms with Crippen LogP contribution in [-0.4, -0.2) is 11.1 Å². The Hall–Kier alpha value is -1.84. The summed E-state index contributed by atoms with van der Waals surface area (Å²) < 4.78 is 5.92. The molecule has 1 aliphatic carbocycles. The van der Waals surface area contributed by atoms with Crippen molar-refractivity contribution in [3.63, 3.8) is 0 Å². The Morgan fingerprint density at radius 1 is 1.10 bits per heavy atom. The van der Waals surface area contributed by atoms with Crippen LogP contribution in [-0.2, 0) is 13.0 Å². The zero-order chi connectivity index (χ0) is 13.9. The number of ether oxygens (including phenoxy) is 1. The maximum Gasteiger partial charge on any atom is 0.123 e. The Bertz CT molecular complexity index is 583. The predicted molar refractivity (Wildman–Crippen MR) is 78.5 cm³/mol. The highest BCUT2D eigenvalue weighted by molar-refractivity contribution is 5.43. The van der Waals surface area contributed by atoms with Crippen molar-refractivity contribution in [2.24, 2.45) is 5.73 Å². The Labute approximate surface area is 119 Å². The number of hydrogen-bond donors (Lipinski definition) is 2. The van der Waals surface area contributed by atoms with E-state index in [0.717, 1.165) is 35.3 Å². The van der Waals surface area contributed by atoms with E-state index in [9.17, 15) is 5.11 Å². The van der Waals surface area contributed by atoms with E-state index >= 15 is 0 Å². The molecule has 0 bridgehead atoms. The molecule has 2 aromatic carbocycles. The third-order valence-electron chi connectivity index (χ3n) is 3.86. The second kappa shape index (κ2) is 5.65. The molecule has 2 atom stereocenters. The van der Waals surface area contributed by atoms with Gasteiger partial charge in [0.2, 0.25) is 0 Å². The Morgan fingerprint density at radius 3 is 2.70 bits per heavy atom. The topological polar surface area (TPSA) is 55.5 Å². The number of benzene rings is 2. The Balaban J connectivity index is 1.81. The molecule has 0 saturated carbocycles. The van der Waals surface area contributed by atoms with Gasteiger partial charge in [-0.1, -0.05) is 42.5 Å². The molecule has 2 aromatic rings. The van der Waals surface area contributed by atoms with Crippen molar-refractivity contribution in [1.82, 2.24) is 0 Å². The SMILES string of the molecule is N[C@H]1CCc2c(OCc3ccccc3)cccc2[C@@H]1O. The van der Waals surface area contributed by atoms with Crippen LogP contribution in [0.15, 0.2) is 48.5 Å². The van der Waals surface area contributed by atoms with Gasteiger partial charge in [0, 0.05) is 11.6 Å². The molecule has 3 nitrogen and oxygen atoms in total. The number of aliphatic hydroxyl groups excluding tert-OH is 1. The summed E-state index contributed by atoms with van der Waals surface area (Å²) in [6, 6.07) is 15.7. The summed E-state index contributed by atoms with van der Waals surface area (Å²) in [4.78, 5) is 0. The lowest BCUT2D eigenvalue weighted by molar-refractivity contribution is 0.132. The summed E-state index contributed by atoms with van der Waals surface area (Å²) in [5.74, 6) is 0.859. The van der Waals surface area contributed by atoms with Crippen molar-refractivity contribution in [3.05, 3.63) is 65.2 Å². The lowest BCUT2D eigenvalue weighted by Gasteiger charge is -2.28. The van der Waals surface area contributed by atoms with E-state index < -0.39 is 6.10 Å². The van der Waals surface area contributed by atoms with Crippen LogP contribution < -0.4 is 10.5 Å². The molecule has 0 aromatic heterocycles. The number of hydrogen-bond acceptors (Lipinski definition) is 3. The summed E-state index contributed by atoms with van der Waals surface area (Å²) in [5.41, 5.74) is 9.06. The highest BCUT2D eigenvalue weighted by atomic mass is 16.5. The van der Waals surface area contributed by atoms with Crippen LogP contribution in [0.4, 0.5) is 0 Å². The van der Waals surface area contributed by atoms with Gasteiger partial charge >= 0.3 is 0 Å². The normalized spacial score (nSPS) is 21.3. The van der Waals surface area contributed by atoms with Gasteiger partial charge < -0.3 is 15.6 Å². The van der Waals surface area contributed by atoms with Crippen LogP contribution in [0.25, 0.3) is 0 Å². The molecule has 3 heteroatoms. The zero-order valence-corrected chi connectivity index (χ0v) is 11.3. The van der Waals surface area contributed by atoms with Crippen LogP contribution in [0.5, 0.6) is 5.75 Å². The largest absolute Gasteiger partial charge is 0.489 e. The van der Waals surface area contributed by atoms with Crippen molar-refractivity contribution in [1.29, 1.82) is 0 Å². The second-order valence-electron chi connectivity index (χ2n) is 5.25. The van der Waals surface area contributed by atoms with Gasteiger partial charge in [-0.2, -0.15) is 0 Å². The molecule has 0 radical (unpaired) electrons. The number of aliphatic hydroxyl groups is 1. The van der Waals surface area contributed by atoms with Crippen LogP contribution in [0.2, 0.25) is 0 Å². The van der Waals surface area contributed by atoms with Crippen molar-refractivity contribution >= 4 is 0 Å². The number of nitrogens with two attached hydrogens (primary N) is 1.